The fraction of sp³-hybridized carbons (Fsp3) is 0.562. The molecule has 0 unspecified atom stereocenters. The minimum absolute atomic E-state index is 0.367. The quantitative estimate of drug-likeness (QED) is 0.809. The lowest BCUT2D eigenvalue weighted by molar-refractivity contribution is -0.133. The number of aryl methyl sites for hydroxylation is 1. The largest absolute Gasteiger partial charge is 0.342 e. The highest BCUT2D eigenvalue weighted by Gasteiger charge is 2.35. The SMILES string of the molecule is Cc1cc(C2CCN(C(=O)C3CC3)CC2)ccc1Br. The number of nitrogens with zero attached hydrogens (tertiary/aromatic N) is 1. The highest BCUT2D eigenvalue weighted by Crippen LogP contribution is 2.35. The molecule has 3 rings (SSSR count). The molecule has 1 amide bonds. The standard InChI is InChI=1S/C16H20BrNO/c1-11-10-14(4-5-15(11)17)12-6-8-18(9-7-12)16(19)13-2-3-13/h4-5,10,12-13H,2-3,6-9H2,1H3. The van der Waals surface area contributed by atoms with Crippen LogP contribution < -0.4 is 0 Å². The molecule has 0 aromatic heterocycles. The van der Waals surface area contributed by atoms with Crippen LogP contribution in [0, 0.1) is 12.8 Å². The summed E-state index contributed by atoms with van der Waals surface area (Å²) >= 11 is 3.55. The van der Waals surface area contributed by atoms with Gasteiger partial charge >= 0.3 is 0 Å². The van der Waals surface area contributed by atoms with E-state index >= 15 is 0 Å². The normalized spacial score (nSPS) is 20.6. The number of carbonyl (C=O) groups excluding carboxylic acids is 1. The molecule has 1 aromatic rings. The van der Waals surface area contributed by atoms with E-state index in [0.29, 0.717) is 17.7 Å². The Morgan fingerprint density at radius 1 is 1.21 bits per heavy atom. The van der Waals surface area contributed by atoms with Gasteiger partial charge in [-0.1, -0.05) is 28.1 Å². The van der Waals surface area contributed by atoms with Crippen molar-refractivity contribution in [3.63, 3.8) is 0 Å². The summed E-state index contributed by atoms with van der Waals surface area (Å²) in [6.45, 7) is 4.02. The first-order chi connectivity index (χ1) is 9.15. The predicted molar refractivity (Wildman–Crippen MR) is 80.2 cm³/mol. The minimum Gasteiger partial charge on any atom is -0.342 e. The first-order valence-electron chi connectivity index (χ1n) is 7.20. The van der Waals surface area contributed by atoms with Crippen molar-refractivity contribution in [2.24, 2.45) is 5.92 Å². The third kappa shape index (κ3) is 2.86. The molecule has 0 radical (unpaired) electrons. The van der Waals surface area contributed by atoms with Gasteiger partial charge in [-0.3, -0.25) is 4.79 Å². The maximum absolute atomic E-state index is 12.0. The highest BCUT2D eigenvalue weighted by molar-refractivity contribution is 9.10. The lowest BCUT2D eigenvalue weighted by atomic mass is 9.88. The molecule has 1 heterocycles. The Hall–Kier alpha value is -0.830. The number of hydrogen-bond donors (Lipinski definition) is 0. The zero-order valence-corrected chi connectivity index (χ0v) is 12.9. The van der Waals surface area contributed by atoms with E-state index in [1.54, 1.807) is 0 Å². The number of amides is 1. The maximum atomic E-state index is 12.0. The first kappa shape index (κ1) is 13.2. The zero-order chi connectivity index (χ0) is 13.4. The summed E-state index contributed by atoms with van der Waals surface area (Å²) in [5.41, 5.74) is 2.73. The Labute approximate surface area is 123 Å². The lowest BCUT2D eigenvalue weighted by Gasteiger charge is -2.32. The Morgan fingerprint density at radius 3 is 2.47 bits per heavy atom. The number of piperidine rings is 1. The van der Waals surface area contributed by atoms with E-state index in [1.807, 2.05) is 0 Å². The predicted octanol–water partition coefficient (Wildman–Crippen LogP) is 3.87. The Balaban J connectivity index is 1.62. The van der Waals surface area contributed by atoms with Crippen molar-refractivity contribution < 1.29 is 4.79 Å². The monoisotopic (exact) mass is 321 g/mol. The summed E-state index contributed by atoms with van der Waals surface area (Å²) in [5, 5.41) is 0. The average Bonchev–Trinajstić information content (AvgIpc) is 3.26. The average molecular weight is 322 g/mol. The molecule has 1 aliphatic carbocycles. The summed E-state index contributed by atoms with van der Waals surface area (Å²) in [7, 11) is 0. The Morgan fingerprint density at radius 2 is 1.89 bits per heavy atom. The van der Waals surface area contributed by atoms with Crippen molar-refractivity contribution in [2.45, 2.75) is 38.5 Å². The molecular formula is C16H20BrNO. The number of halogens is 1. The van der Waals surface area contributed by atoms with E-state index in [4.69, 9.17) is 0 Å². The van der Waals surface area contributed by atoms with Crippen LogP contribution in [-0.4, -0.2) is 23.9 Å². The van der Waals surface area contributed by atoms with Crippen LogP contribution in [-0.2, 0) is 4.79 Å². The second kappa shape index (κ2) is 5.28. The van der Waals surface area contributed by atoms with Crippen molar-refractivity contribution >= 4 is 21.8 Å². The van der Waals surface area contributed by atoms with Gasteiger partial charge in [-0.2, -0.15) is 0 Å². The number of likely N-dealkylation sites (tertiary alicyclic amines) is 1. The van der Waals surface area contributed by atoms with E-state index in [1.165, 1.54) is 15.6 Å². The van der Waals surface area contributed by atoms with Gasteiger partial charge in [0.15, 0.2) is 0 Å². The number of hydrogen-bond acceptors (Lipinski definition) is 1. The van der Waals surface area contributed by atoms with E-state index in [0.717, 1.165) is 38.8 Å². The van der Waals surface area contributed by atoms with Gasteiger partial charge in [0.1, 0.15) is 0 Å². The molecule has 3 heteroatoms. The molecule has 1 aliphatic heterocycles. The molecule has 0 bridgehead atoms. The highest BCUT2D eigenvalue weighted by atomic mass is 79.9. The molecule has 1 aromatic carbocycles. The molecule has 2 nitrogen and oxygen atoms in total. The van der Waals surface area contributed by atoms with E-state index in [2.05, 4.69) is 46.0 Å². The fourth-order valence-electron chi connectivity index (χ4n) is 2.94. The lowest BCUT2D eigenvalue weighted by Crippen LogP contribution is -2.38. The third-order valence-corrected chi connectivity index (χ3v) is 5.28. The molecule has 0 N–H and O–H groups in total. The van der Waals surface area contributed by atoms with Gasteiger partial charge in [0.25, 0.3) is 0 Å². The molecule has 1 saturated carbocycles. The summed E-state index contributed by atoms with van der Waals surface area (Å²) in [6.07, 6.45) is 4.45. The van der Waals surface area contributed by atoms with E-state index < -0.39 is 0 Å². The van der Waals surface area contributed by atoms with Gasteiger partial charge in [-0.15, -0.1) is 0 Å². The van der Waals surface area contributed by atoms with Gasteiger partial charge < -0.3 is 4.90 Å². The van der Waals surface area contributed by atoms with Crippen LogP contribution in [0.5, 0.6) is 0 Å². The topological polar surface area (TPSA) is 20.3 Å². The summed E-state index contributed by atoms with van der Waals surface area (Å²) in [5.74, 6) is 1.40. The molecule has 19 heavy (non-hydrogen) atoms. The number of rotatable bonds is 2. The third-order valence-electron chi connectivity index (χ3n) is 4.39. The molecule has 1 saturated heterocycles. The second-order valence-electron chi connectivity index (χ2n) is 5.88. The van der Waals surface area contributed by atoms with Gasteiger partial charge in [0, 0.05) is 23.5 Å². The minimum atomic E-state index is 0.367. The van der Waals surface area contributed by atoms with Crippen molar-refractivity contribution in [2.75, 3.05) is 13.1 Å². The van der Waals surface area contributed by atoms with Crippen LogP contribution in [0.3, 0.4) is 0 Å². The van der Waals surface area contributed by atoms with Gasteiger partial charge in [-0.05, 0) is 55.7 Å². The molecular weight excluding hydrogens is 302 g/mol. The summed E-state index contributed by atoms with van der Waals surface area (Å²) in [6, 6.07) is 6.65. The van der Waals surface area contributed by atoms with Crippen molar-refractivity contribution in [3.8, 4) is 0 Å². The van der Waals surface area contributed by atoms with E-state index in [-0.39, 0.29) is 0 Å². The van der Waals surface area contributed by atoms with Gasteiger partial charge in [-0.25, -0.2) is 0 Å². The molecule has 2 fully saturated rings. The van der Waals surface area contributed by atoms with Gasteiger partial charge in [0.2, 0.25) is 5.91 Å². The maximum Gasteiger partial charge on any atom is 0.225 e. The van der Waals surface area contributed by atoms with Crippen LogP contribution in [0.25, 0.3) is 0 Å². The second-order valence-corrected chi connectivity index (χ2v) is 6.74. The van der Waals surface area contributed by atoms with Gasteiger partial charge in [0.05, 0.1) is 0 Å². The van der Waals surface area contributed by atoms with Crippen LogP contribution in [0.1, 0.15) is 42.7 Å². The van der Waals surface area contributed by atoms with Crippen molar-refractivity contribution in [3.05, 3.63) is 33.8 Å². The van der Waals surface area contributed by atoms with Crippen molar-refractivity contribution in [1.29, 1.82) is 0 Å². The number of carbonyl (C=O) groups is 1. The molecule has 0 spiro atoms. The number of benzene rings is 1. The molecule has 102 valence electrons. The molecule has 2 aliphatic rings. The summed E-state index contributed by atoms with van der Waals surface area (Å²) in [4.78, 5) is 14.1. The van der Waals surface area contributed by atoms with Crippen LogP contribution in [0.2, 0.25) is 0 Å². The molecule has 0 atom stereocenters. The van der Waals surface area contributed by atoms with Crippen LogP contribution in [0.15, 0.2) is 22.7 Å². The van der Waals surface area contributed by atoms with Crippen molar-refractivity contribution in [1.82, 2.24) is 4.90 Å². The Kier molecular flexibility index (Phi) is 3.66. The first-order valence-corrected chi connectivity index (χ1v) is 7.99. The van der Waals surface area contributed by atoms with E-state index in [9.17, 15) is 4.79 Å². The smallest absolute Gasteiger partial charge is 0.225 e. The van der Waals surface area contributed by atoms with Crippen LogP contribution >= 0.6 is 15.9 Å². The summed E-state index contributed by atoms with van der Waals surface area (Å²) < 4.78 is 1.18. The fourth-order valence-corrected chi connectivity index (χ4v) is 3.19. The Bertz CT molecular complexity index is 488. The van der Waals surface area contributed by atoms with Crippen LogP contribution in [0.4, 0.5) is 0 Å². The zero-order valence-electron chi connectivity index (χ0n) is 11.4.